The molecule has 0 saturated carbocycles. The summed E-state index contributed by atoms with van der Waals surface area (Å²) in [5.74, 6) is 0.675. The van der Waals surface area contributed by atoms with Crippen LogP contribution < -0.4 is 10.1 Å². The van der Waals surface area contributed by atoms with Crippen LogP contribution in [-0.2, 0) is 4.79 Å². The molecule has 0 heterocycles. The highest BCUT2D eigenvalue weighted by Crippen LogP contribution is 2.21. The van der Waals surface area contributed by atoms with Gasteiger partial charge in [-0.1, -0.05) is 36.8 Å². The Kier molecular flexibility index (Phi) is 6.24. The van der Waals surface area contributed by atoms with E-state index < -0.39 is 6.10 Å². The first kappa shape index (κ1) is 19.0. The molecule has 0 saturated heterocycles. The molecular formula is C22H29NO2. The molecule has 2 aromatic rings. The first-order valence-electron chi connectivity index (χ1n) is 8.92. The Bertz CT molecular complexity index is 731. The fraction of sp³-hybridized carbons (Fsp3) is 0.409. The molecule has 2 atom stereocenters. The van der Waals surface area contributed by atoms with E-state index in [0.29, 0.717) is 6.42 Å². The summed E-state index contributed by atoms with van der Waals surface area (Å²) >= 11 is 0. The fourth-order valence-electron chi connectivity index (χ4n) is 3.10. The first-order chi connectivity index (χ1) is 11.8. The number of amides is 1. The second-order valence-corrected chi connectivity index (χ2v) is 6.93. The van der Waals surface area contributed by atoms with E-state index in [1.807, 2.05) is 39.8 Å². The van der Waals surface area contributed by atoms with E-state index in [-0.39, 0.29) is 11.9 Å². The summed E-state index contributed by atoms with van der Waals surface area (Å²) in [7, 11) is 0. The number of rotatable bonds is 6. The van der Waals surface area contributed by atoms with Crippen LogP contribution in [0.25, 0.3) is 0 Å². The minimum absolute atomic E-state index is 0.0516. The van der Waals surface area contributed by atoms with Crippen molar-refractivity contribution in [1.29, 1.82) is 0 Å². The van der Waals surface area contributed by atoms with Gasteiger partial charge in [-0.05, 0) is 75.4 Å². The van der Waals surface area contributed by atoms with Crippen LogP contribution >= 0.6 is 0 Å². The Morgan fingerprint density at radius 2 is 1.64 bits per heavy atom. The van der Waals surface area contributed by atoms with E-state index in [0.717, 1.165) is 22.4 Å². The average Bonchev–Trinajstić information content (AvgIpc) is 2.53. The molecule has 0 spiro atoms. The molecule has 2 aromatic carbocycles. The maximum absolute atomic E-state index is 12.7. The summed E-state index contributed by atoms with van der Waals surface area (Å²) < 4.78 is 5.97. The summed E-state index contributed by atoms with van der Waals surface area (Å²) in [5.41, 5.74) is 5.79. The molecule has 0 bridgehead atoms. The van der Waals surface area contributed by atoms with Crippen LogP contribution in [0, 0.1) is 27.7 Å². The Labute approximate surface area is 151 Å². The quantitative estimate of drug-likeness (QED) is 0.808. The molecule has 0 aliphatic heterocycles. The molecule has 2 rings (SSSR count). The van der Waals surface area contributed by atoms with Gasteiger partial charge in [-0.3, -0.25) is 4.79 Å². The van der Waals surface area contributed by atoms with Crippen molar-refractivity contribution in [3.63, 3.8) is 0 Å². The van der Waals surface area contributed by atoms with Crippen LogP contribution in [0.5, 0.6) is 5.75 Å². The standard InChI is InChI=1S/C22H29NO2/c1-7-21(25-19-11-15(3)10-16(4)12-19)22(24)23-18(6)20-13-14(2)8-9-17(20)5/h8-13,18,21H,7H2,1-6H3,(H,23,24)/t18-,21+/m1/s1. The van der Waals surface area contributed by atoms with Crippen LogP contribution in [0.3, 0.4) is 0 Å². The molecule has 0 radical (unpaired) electrons. The lowest BCUT2D eigenvalue weighted by Crippen LogP contribution is -2.39. The molecule has 3 heteroatoms. The van der Waals surface area contributed by atoms with Gasteiger partial charge in [0.05, 0.1) is 6.04 Å². The lowest BCUT2D eigenvalue weighted by atomic mass is 10.00. The van der Waals surface area contributed by atoms with E-state index in [4.69, 9.17) is 4.74 Å². The molecule has 0 fully saturated rings. The number of carbonyl (C=O) groups is 1. The number of hydrogen-bond donors (Lipinski definition) is 1. The molecule has 1 amide bonds. The van der Waals surface area contributed by atoms with Crippen LogP contribution in [0.2, 0.25) is 0 Å². The first-order valence-corrected chi connectivity index (χ1v) is 8.92. The molecule has 25 heavy (non-hydrogen) atoms. The normalized spacial score (nSPS) is 13.2. The van der Waals surface area contributed by atoms with Crippen molar-refractivity contribution < 1.29 is 9.53 Å². The summed E-state index contributed by atoms with van der Waals surface area (Å²) in [6.07, 6.45) is 0.131. The minimum Gasteiger partial charge on any atom is -0.481 e. The highest BCUT2D eigenvalue weighted by atomic mass is 16.5. The predicted octanol–water partition coefficient (Wildman–Crippen LogP) is 4.96. The third kappa shape index (κ3) is 5.09. The van der Waals surface area contributed by atoms with Gasteiger partial charge in [0.15, 0.2) is 6.10 Å². The second-order valence-electron chi connectivity index (χ2n) is 6.93. The van der Waals surface area contributed by atoms with Crippen LogP contribution in [0.4, 0.5) is 0 Å². The number of hydrogen-bond acceptors (Lipinski definition) is 2. The third-order valence-electron chi connectivity index (χ3n) is 4.40. The Morgan fingerprint density at radius 3 is 2.24 bits per heavy atom. The third-order valence-corrected chi connectivity index (χ3v) is 4.40. The molecule has 0 aliphatic carbocycles. The molecule has 0 aromatic heterocycles. The van der Waals surface area contributed by atoms with Gasteiger partial charge in [0.1, 0.15) is 5.75 Å². The predicted molar refractivity (Wildman–Crippen MR) is 103 cm³/mol. The monoisotopic (exact) mass is 339 g/mol. The highest BCUT2D eigenvalue weighted by molar-refractivity contribution is 5.81. The Hall–Kier alpha value is -2.29. The van der Waals surface area contributed by atoms with Gasteiger partial charge in [0, 0.05) is 0 Å². The zero-order valence-corrected chi connectivity index (χ0v) is 16.1. The molecule has 0 aliphatic rings. The zero-order chi connectivity index (χ0) is 18.6. The van der Waals surface area contributed by atoms with Gasteiger partial charge in [-0.2, -0.15) is 0 Å². The van der Waals surface area contributed by atoms with E-state index in [9.17, 15) is 4.79 Å². The van der Waals surface area contributed by atoms with Gasteiger partial charge in [0.25, 0.3) is 5.91 Å². The van der Waals surface area contributed by atoms with Gasteiger partial charge >= 0.3 is 0 Å². The lowest BCUT2D eigenvalue weighted by molar-refractivity contribution is -0.128. The van der Waals surface area contributed by atoms with Crippen LogP contribution in [-0.4, -0.2) is 12.0 Å². The SMILES string of the molecule is CC[C@H](Oc1cc(C)cc(C)c1)C(=O)N[C@H](C)c1cc(C)ccc1C. The summed E-state index contributed by atoms with van der Waals surface area (Å²) in [6.45, 7) is 12.2. The van der Waals surface area contributed by atoms with Crippen molar-refractivity contribution in [3.8, 4) is 5.75 Å². The van der Waals surface area contributed by atoms with Gasteiger partial charge in [-0.15, -0.1) is 0 Å². The van der Waals surface area contributed by atoms with Gasteiger partial charge in [-0.25, -0.2) is 0 Å². The average molecular weight is 339 g/mol. The lowest BCUT2D eigenvalue weighted by Gasteiger charge is -2.22. The Balaban J connectivity index is 2.10. The number of aryl methyl sites for hydroxylation is 4. The van der Waals surface area contributed by atoms with Crippen molar-refractivity contribution in [2.45, 2.75) is 60.1 Å². The van der Waals surface area contributed by atoms with Crippen LogP contribution in [0.15, 0.2) is 36.4 Å². The van der Waals surface area contributed by atoms with Crippen molar-refractivity contribution >= 4 is 5.91 Å². The Morgan fingerprint density at radius 1 is 1.00 bits per heavy atom. The van der Waals surface area contributed by atoms with E-state index in [1.54, 1.807) is 0 Å². The summed E-state index contributed by atoms with van der Waals surface area (Å²) in [4.78, 5) is 12.7. The molecule has 3 nitrogen and oxygen atoms in total. The summed E-state index contributed by atoms with van der Waals surface area (Å²) in [5, 5.41) is 3.10. The van der Waals surface area contributed by atoms with E-state index >= 15 is 0 Å². The second kappa shape index (κ2) is 8.19. The molecular weight excluding hydrogens is 310 g/mol. The minimum atomic E-state index is -0.492. The number of carbonyl (C=O) groups excluding carboxylic acids is 1. The van der Waals surface area contributed by atoms with Gasteiger partial charge in [0.2, 0.25) is 0 Å². The van der Waals surface area contributed by atoms with Crippen molar-refractivity contribution in [1.82, 2.24) is 5.32 Å². The van der Waals surface area contributed by atoms with Crippen molar-refractivity contribution in [2.75, 3.05) is 0 Å². The maximum atomic E-state index is 12.7. The molecule has 1 N–H and O–H groups in total. The molecule has 134 valence electrons. The van der Waals surface area contributed by atoms with E-state index in [2.05, 4.69) is 43.4 Å². The van der Waals surface area contributed by atoms with Crippen LogP contribution in [0.1, 0.15) is 54.1 Å². The van der Waals surface area contributed by atoms with Gasteiger partial charge < -0.3 is 10.1 Å². The topological polar surface area (TPSA) is 38.3 Å². The fourth-order valence-corrected chi connectivity index (χ4v) is 3.10. The summed E-state index contributed by atoms with van der Waals surface area (Å²) in [6, 6.07) is 12.3. The maximum Gasteiger partial charge on any atom is 0.261 e. The number of benzene rings is 2. The molecule has 0 unspecified atom stereocenters. The van der Waals surface area contributed by atoms with Crippen molar-refractivity contribution in [2.24, 2.45) is 0 Å². The smallest absolute Gasteiger partial charge is 0.261 e. The van der Waals surface area contributed by atoms with Crippen molar-refractivity contribution in [3.05, 3.63) is 64.2 Å². The van der Waals surface area contributed by atoms with E-state index in [1.165, 1.54) is 11.1 Å². The zero-order valence-electron chi connectivity index (χ0n) is 16.1. The highest BCUT2D eigenvalue weighted by Gasteiger charge is 2.21. The number of nitrogens with one attached hydrogen (secondary N) is 1. The number of ether oxygens (including phenoxy) is 1. The largest absolute Gasteiger partial charge is 0.481 e.